The number of aliphatic carboxylic acids is 2. The molecule has 4 aliphatic rings. The number of aromatic nitrogens is 8. The van der Waals surface area contributed by atoms with Crippen LogP contribution in [0.2, 0.25) is 5.28 Å². The first kappa shape index (κ1) is 71.8. The van der Waals surface area contributed by atoms with E-state index in [1.165, 1.54) is 46.3 Å². The fraction of sp³-hybridized carbons (Fsp3) is 0.581. The number of halogens is 1. The number of anilines is 5. The zero-order valence-electron chi connectivity index (χ0n) is 51.4. The topological polar surface area (TPSA) is 296 Å². The van der Waals surface area contributed by atoms with Crippen LogP contribution in [0.5, 0.6) is 11.5 Å². The summed E-state index contributed by atoms with van der Waals surface area (Å²) in [5, 5.41) is 18.5. The van der Waals surface area contributed by atoms with Gasteiger partial charge >= 0.3 is 11.9 Å². The maximum atomic E-state index is 11.2. The van der Waals surface area contributed by atoms with E-state index in [2.05, 4.69) is 44.1 Å². The number of carbonyl (C=O) groups excluding carboxylic acids is 2. The van der Waals surface area contributed by atoms with Crippen LogP contribution in [0.4, 0.5) is 29.0 Å². The van der Waals surface area contributed by atoms with Gasteiger partial charge in [0.1, 0.15) is 24.0 Å². The molecule has 0 saturated carbocycles. The standard InChI is InChI=1S/C29H40N6O4.C15H20ClN5O.C14H21NO3.2C2H4O2.Pd/c1-37-25(36)12-5-2-3-9-19-38-23-15-13-22(14-16-23)31-29-32-27(34-17-7-4-8-18-34)26-28(33-29)35(21-30-26)24-11-6-10-20-39-24;16-15-18-13(20-7-3-1-4-8-20)12-14(19-15)21(10-17-12)11-6-2-5-9-22-11;1-17-14(16)6-4-2-3-5-11-18-13-9-7-12(15)8-10-13;2*1-2(3)4;/h13-16,21,24H,2-12,17-20H2,1H3,(H,31,32,33);10-11H,1-9H2;7-10H,2-6,11,15H2,1H3;2*1H3,(H,3,4);. The van der Waals surface area contributed by atoms with Gasteiger partial charge in [-0.1, -0.05) is 25.7 Å². The minimum atomic E-state index is -0.833. The van der Waals surface area contributed by atoms with E-state index in [1.54, 1.807) is 0 Å². The van der Waals surface area contributed by atoms with E-state index in [-0.39, 0.29) is 50.1 Å². The number of carbonyl (C=O) groups is 4. The molecule has 486 valence electrons. The number of nitrogen functional groups attached to an aromatic ring is 1. The first-order valence-electron chi connectivity index (χ1n) is 30.6. The number of nitrogens with zero attached hydrogens (tertiary/aromatic N) is 10. The molecule has 8 heterocycles. The Morgan fingerprint density at radius 3 is 1.43 bits per heavy atom. The fourth-order valence-electron chi connectivity index (χ4n) is 10.2. The molecular formula is C62H89ClN12O12Pd. The third-order valence-electron chi connectivity index (χ3n) is 14.6. The number of nitrogens with one attached hydrogen (secondary N) is 1. The van der Waals surface area contributed by atoms with Crippen LogP contribution in [0.1, 0.15) is 168 Å². The summed E-state index contributed by atoms with van der Waals surface area (Å²) in [5.41, 5.74) is 10.5. The molecule has 6 aromatic rings. The summed E-state index contributed by atoms with van der Waals surface area (Å²) in [6, 6.07) is 15.3. The smallest absolute Gasteiger partial charge is 0.305 e. The van der Waals surface area contributed by atoms with Crippen molar-refractivity contribution in [2.24, 2.45) is 0 Å². The van der Waals surface area contributed by atoms with Crippen molar-refractivity contribution in [3.8, 4) is 11.5 Å². The van der Waals surface area contributed by atoms with Gasteiger partial charge in [-0.3, -0.25) is 28.3 Å². The number of esters is 2. The minimum Gasteiger partial charge on any atom is -0.494 e. The van der Waals surface area contributed by atoms with Crippen molar-refractivity contribution < 1.29 is 78.2 Å². The number of piperidine rings is 2. The van der Waals surface area contributed by atoms with Crippen molar-refractivity contribution >= 4 is 86.8 Å². The van der Waals surface area contributed by atoms with E-state index < -0.39 is 11.9 Å². The molecule has 0 bridgehead atoms. The maximum absolute atomic E-state index is 11.2. The third-order valence-corrected chi connectivity index (χ3v) is 14.7. The van der Waals surface area contributed by atoms with Crippen molar-refractivity contribution in [2.75, 3.05) is 87.7 Å². The van der Waals surface area contributed by atoms with Gasteiger partial charge in [0.15, 0.2) is 34.0 Å². The minimum absolute atomic E-state index is 0. The average molecular weight is 1340 g/mol. The summed E-state index contributed by atoms with van der Waals surface area (Å²) in [5.74, 6) is 2.05. The van der Waals surface area contributed by atoms with Gasteiger partial charge in [-0.2, -0.15) is 19.9 Å². The first-order chi connectivity index (χ1) is 42.2. The van der Waals surface area contributed by atoms with E-state index in [1.807, 2.05) is 65.8 Å². The van der Waals surface area contributed by atoms with Crippen LogP contribution < -0.4 is 30.3 Å². The number of methoxy groups -OCH3 is 2. The predicted octanol–water partition coefficient (Wildman–Crippen LogP) is 11.9. The van der Waals surface area contributed by atoms with Crippen LogP contribution in [0.3, 0.4) is 0 Å². The van der Waals surface area contributed by atoms with Crippen LogP contribution in [0, 0.1) is 0 Å². The molecule has 0 aliphatic carbocycles. The summed E-state index contributed by atoms with van der Waals surface area (Å²) in [6.07, 6.45) is 26.2. The summed E-state index contributed by atoms with van der Waals surface area (Å²) in [6.45, 7) is 9.06. The number of fused-ring (bicyclic) bond motifs is 2. The summed E-state index contributed by atoms with van der Waals surface area (Å²) >= 11 is 6.18. The number of rotatable bonds is 22. The molecule has 4 fully saturated rings. The second kappa shape index (κ2) is 39.9. The monoisotopic (exact) mass is 1330 g/mol. The number of hydrogen-bond donors (Lipinski definition) is 4. The van der Waals surface area contributed by atoms with Gasteiger partial charge in [0.2, 0.25) is 11.2 Å². The molecule has 2 aromatic carbocycles. The molecule has 5 N–H and O–H groups in total. The molecule has 2 atom stereocenters. The zero-order valence-corrected chi connectivity index (χ0v) is 53.7. The predicted molar refractivity (Wildman–Crippen MR) is 334 cm³/mol. The molecule has 88 heavy (non-hydrogen) atoms. The van der Waals surface area contributed by atoms with Gasteiger partial charge < -0.3 is 59.5 Å². The normalized spacial score (nSPS) is 16.3. The number of carboxylic acids is 2. The van der Waals surface area contributed by atoms with Gasteiger partial charge in [0, 0.05) is 97.9 Å². The van der Waals surface area contributed by atoms with Crippen LogP contribution in [0.15, 0.2) is 61.2 Å². The SMILES string of the molecule is CC(=O)O.CC(=O)O.COC(=O)CCCCCCOc1ccc(N)cc1.COC(=O)CCCCCCOc1ccc(Nc2nc(N3CCCCC3)c3ncn(C4CCCCO4)c3n2)cc1.Clc1nc(N2CCCCC2)c2ncn(C3CCCCO3)c2n1.[Pd]. The molecule has 0 spiro atoms. The quantitative estimate of drug-likeness (QED) is 0.0161. The van der Waals surface area contributed by atoms with Gasteiger partial charge in [0.25, 0.3) is 11.9 Å². The Morgan fingerprint density at radius 2 is 1.00 bits per heavy atom. The molecular weight excluding hydrogens is 1250 g/mol. The Hall–Kier alpha value is -6.91. The van der Waals surface area contributed by atoms with Crippen molar-refractivity contribution in [1.29, 1.82) is 0 Å². The Balaban J connectivity index is 0.000000243. The molecule has 0 radical (unpaired) electrons. The average Bonchev–Trinajstić information content (AvgIpc) is 2.85. The first-order valence-corrected chi connectivity index (χ1v) is 31.0. The maximum Gasteiger partial charge on any atom is 0.305 e. The van der Waals surface area contributed by atoms with E-state index in [0.29, 0.717) is 32.0 Å². The molecule has 4 aliphatic heterocycles. The van der Waals surface area contributed by atoms with Crippen molar-refractivity contribution in [2.45, 2.75) is 168 Å². The van der Waals surface area contributed by atoms with E-state index in [4.69, 9.17) is 71.0 Å². The number of unbranched alkanes of at least 4 members (excludes halogenated alkanes) is 6. The van der Waals surface area contributed by atoms with E-state index >= 15 is 0 Å². The van der Waals surface area contributed by atoms with Crippen LogP contribution in [-0.2, 0) is 58.5 Å². The second-order valence-electron chi connectivity index (χ2n) is 21.5. The van der Waals surface area contributed by atoms with Gasteiger partial charge in [-0.25, -0.2) is 9.97 Å². The number of hydrogen-bond acceptors (Lipinski definition) is 20. The Kier molecular flexibility index (Phi) is 32.6. The third kappa shape index (κ3) is 24.9. The number of ether oxygens (including phenoxy) is 6. The largest absolute Gasteiger partial charge is 0.494 e. The molecule has 26 heteroatoms. The van der Waals surface area contributed by atoms with E-state index in [0.717, 1.165) is 206 Å². The Morgan fingerprint density at radius 1 is 0.580 bits per heavy atom. The van der Waals surface area contributed by atoms with Crippen LogP contribution >= 0.6 is 11.6 Å². The molecule has 0 amide bonds. The van der Waals surface area contributed by atoms with Gasteiger partial charge in [-0.15, -0.1) is 0 Å². The number of imidazole rings is 2. The fourth-order valence-corrected chi connectivity index (χ4v) is 10.3. The number of benzene rings is 2. The summed E-state index contributed by atoms with van der Waals surface area (Å²) in [7, 11) is 2.85. The van der Waals surface area contributed by atoms with Crippen LogP contribution in [-0.4, -0.2) is 140 Å². The Labute approximate surface area is 534 Å². The van der Waals surface area contributed by atoms with Crippen molar-refractivity contribution in [1.82, 2.24) is 39.0 Å². The molecule has 2 unspecified atom stereocenters. The number of carboxylic acid groups (broad SMARTS) is 2. The van der Waals surface area contributed by atoms with Crippen molar-refractivity contribution in [3.05, 3.63) is 66.5 Å². The molecule has 4 aromatic heterocycles. The zero-order chi connectivity index (χ0) is 62.2. The second-order valence-corrected chi connectivity index (χ2v) is 21.8. The molecule has 10 rings (SSSR count). The summed E-state index contributed by atoms with van der Waals surface area (Å²) in [4.78, 5) is 72.6. The summed E-state index contributed by atoms with van der Waals surface area (Å²) < 4.78 is 36.7. The van der Waals surface area contributed by atoms with Crippen molar-refractivity contribution in [3.63, 3.8) is 0 Å². The van der Waals surface area contributed by atoms with Gasteiger partial charge in [-0.05, 0) is 163 Å². The van der Waals surface area contributed by atoms with E-state index in [9.17, 15) is 9.59 Å². The molecule has 24 nitrogen and oxygen atoms in total. The van der Waals surface area contributed by atoms with Crippen LogP contribution in [0.25, 0.3) is 22.3 Å². The number of nitrogens with two attached hydrogens (primary N) is 1. The Bertz CT molecular complexity index is 2980. The molecule has 4 saturated heterocycles. The van der Waals surface area contributed by atoms with Gasteiger partial charge in [0.05, 0.1) is 40.1 Å².